The van der Waals surface area contributed by atoms with E-state index in [0.29, 0.717) is 11.1 Å². The summed E-state index contributed by atoms with van der Waals surface area (Å²) in [6, 6.07) is 11.4. The number of nitrogens with zero attached hydrogens (tertiary/aromatic N) is 2. The van der Waals surface area contributed by atoms with Gasteiger partial charge in [-0.1, -0.05) is 32.0 Å². The van der Waals surface area contributed by atoms with Gasteiger partial charge in [0.05, 0.1) is 22.9 Å². The van der Waals surface area contributed by atoms with Gasteiger partial charge in [0.15, 0.2) is 15.6 Å². The molecular weight excluding hydrogens is 423 g/mol. The number of aliphatic hydroxyl groups is 1. The molecule has 9 heteroatoms. The Kier molecular flexibility index (Phi) is 6.56. The summed E-state index contributed by atoms with van der Waals surface area (Å²) < 4.78 is 43.8. The van der Waals surface area contributed by atoms with Gasteiger partial charge in [-0.15, -0.1) is 0 Å². The van der Waals surface area contributed by atoms with E-state index in [9.17, 15) is 22.7 Å². The maximum absolute atomic E-state index is 13.6. The summed E-state index contributed by atoms with van der Waals surface area (Å²) in [7, 11) is -3.38. The average molecular weight is 447 g/mol. The molecule has 1 atom stereocenters. The minimum Gasteiger partial charge on any atom is -0.485 e. The molecule has 0 bridgehead atoms. The van der Waals surface area contributed by atoms with E-state index in [0.717, 1.165) is 10.9 Å². The number of halogens is 1. The Morgan fingerprint density at radius 1 is 1.16 bits per heavy atom. The van der Waals surface area contributed by atoms with Crippen LogP contribution in [0.2, 0.25) is 0 Å². The number of aliphatic hydroxyl groups excluding tert-OH is 1. The Bertz CT molecular complexity index is 1240. The maximum Gasteiger partial charge on any atom is 0.314 e. The largest absolute Gasteiger partial charge is 0.485 e. The molecule has 0 aliphatic heterocycles. The molecule has 3 aromatic rings. The van der Waals surface area contributed by atoms with Crippen LogP contribution < -0.4 is 10.3 Å². The van der Waals surface area contributed by atoms with Crippen LogP contribution in [0.4, 0.5) is 4.39 Å². The van der Waals surface area contributed by atoms with E-state index in [1.807, 2.05) is 13.8 Å². The fourth-order valence-electron chi connectivity index (χ4n) is 2.82. The van der Waals surface area contributed by atoms with Crippen LogP contribution in [-0.2, 0) is 9.84 Å². The molecule has 0 saturated heterocycles. The lowest BCUT2D eigenvalue weighted by Crippen LogP contribution is -2.28. The zero-order valence-corrected chi connectivity index (χ0v) is 18.1. The Morgan fingerprint density at radius 2 is 1.84 bits per heavy atom. The highest BCUT2D eigenvalue weighted by Crippen LogP contribution is 2.28. The van der Waals surface area contributed by atoms with Gasteiger partial charge in [0.2, 0.25) is 0 Å². The number of benzene rings is 2. The summed E-state index contributed by atoms with van der Waals surface area (Å²) in [5.41, 5.74) is 0.426. The topological polar surface area (TPSA) is 98.5 Å². The predicted octanol–water partition coefficient (Wildman–Crippen LogP) is 2.84. The standard InChI is InChI=1S/C22H23FN2O5S/c1-14(2)20(26)13-30-21-19(15-7-9-18(10-8-15)31(3,28)29)12-24-25(22(21)27)17-6-4-5-16(23)11-17/h4-12,14,20,26H,13H2,1-3H3/t20-/m1/s1. The third-order valence-electron chi connectivity index (χ3n) is 4.75. The van der Waals surface area contributed by atoms with Gasteiger partial charge in [-0.3, -0.25) is 4.79 Å². The summed E-state index contributed by atoms with van der Waals surface area (Å²) in [6.07, 6.45) is 1.68. The van der Waals surface area contributed by atoms with Crippen LogP contribution in [0.15, 0.2) is 64.4 Å². The van der Waals surface area contributed by atoms with Crippen molar-refractivity contribution in [2.75, 3.05) is 12.9 Å². The Balaban J connectivity index is 2.11. The average Bonchev–Trinajstić information content (AvgIpc) is 2.71. The minimum absolute atomic E-state index is 0.0777. The van der Waals surface area contributed by atoms with Crippen LogP contribution in [-0.4, -0.2) is 42.3 Å². The van der Waals surface area contributed by atoms with Gasteiger partial charge >= 0.3 is 5.56 Å². The van der Waals surface area contributed by atoms with Crippen molar-refractivity contribution in [3.05, 3.63) is 70.9 Å². The zero-order chi connectivity index (χ0) is 22.8. The van der Waals surface area contributed by atoms with Crippen LogP contribution in [0.3, 0.4) is 0 Å². The molecule has 7 nitrogen and oxygen atoms in total. The van der Waals surface area contributed by atoms with Gasteiger partial charge in [-0.2, -0.15) is 9.78 Å². The second-order valence-electron chi connectivity index (χ2n) is 7.50. The number of hydrogen-bond donors (Lipinski definition) is 1. The molecule has 0 saturated carbocycles. The normalized spacial score (nSPS) is 12.7. The third-order valence-corrected chi connectivity index (χ3v) is 5.88. The van der Waals surface area contributed by atoms with E-state index < -0.39 is 27.3 Å². The van der Waals surface area contributed by atoms with Gasteiger partial charge in [0.1, 0.15) is 12.4 Å². The summed E-state index contributed by atoms with van der Waals surface area (Å²) in [5, 5.41) is 14.3. The second-order valence-corrected chi connectivity index (χ2v) is 9.52. The first kappa shape index (κ1) is 22.6. The lowest BCUT2D eigenvalue weighted by atomic mass is 10.1. The Labute approximate surface area is 179 Å². The first-order valence-corrected chi connectivity index (χ1v) is 11.5. The third kappa shape index (κ3) is 5.18. The van der Waals surface area contributed by atoms with Crippen LogP contribution in [0.5, 0.6) is 5.75 Å². The molecule has 0 spiro atoms. The van der Waals surface area contributed by atoms with E-state index in [1.54, 1.807) is 12.1 Å². The second kappa shape index (κ2) is 8.99. The van der Waals surface area contributed by atoms with Crippen LogP contribution in [0, 0.1) is 11.7 Å². The molecule has 1 aromatic heterocycles. The monoisotopic (exact) mass is 446 g/mol. The molecule has 2 aromatic carbocycles. The Hall–Kier alpha value is -3.04. The highest BCUT2D eigenvalue weighted by molar-refractivity contribution is 7.90. The summed E-state index contributed by atoms with van der Waals surface area (Å²) in [5.74, 6) is -0.694. The lowest BCUT2D eigenvalue weighted by Gasteiger charge is -2.18. The molecule has 0 radical (unpaired) electrons. The molecule has 0 unspecified atom stereocenters. The number of hydrogen-bond acceptors (Lipinski definition) is 6. The highest BCUT2D eigenvalue weighted by Gasteiger charge is 2.19. The van der Waals surface area contributed by atoms with Crippen molar-refractivity contribution in [3.8, 4) is 22.6 Å². The molecule has 3 rings (SSSR count). The maximum atomic E-state index is 13.6. The van der Waals surface area contributed by atoms with Crippen molar-refractivity contribution in [1.82, 2.24) is 9.78 Å². The van der Waals surface area contributed by atoms with E-state index in [1.165, 1.54) is 42.6 Å². The molecule has 31 heavy (non-hydrogen) atoms. The lowest BCUT2D eigenvalue weighted by molar-refractivity contribution is 0.0695. The number of aromatic nitrogens is 2. The quantitative estimate of drug-likeness (QED) is 0.599. The fraction of sp³-hybridized carbons (Fsp3) is 0.273. The van der Waals surface area contributed by atoms with Gasteiger partial charge in [-0.05, 0) is 41.8 Å². The SMILES string of the molecule is CC(C)[C@H](O)COc1c(-c2ccc(S(C)(=O)=O)cc2)cnn(-c2cccc(F)c2)c1=O. The number of rotatable bonds is 7. The first-order valence-electron chi connectivity index (χ1n) is 9.57. The first-order chi connectivity index (χ1) is 14.6. The summed E-state index contributed by atoms with van der Waals surface area (Å²) >= 11 is 0. The molecule has 0 aliphatic carbocycles. The van der Waals surface area contributed by atoms with Crippen LogP contribution >= 0.6 is 0 Å². The van der Waals surface area contributed by atoms with E-state index in [2.05, 4.69) is 5.10 Å². The van der Waals surface area contributed by atoms with Crippen LogP contribution in [0.25, 0.3) is 16.8 Å². The molecule has 0 aliphatic rings. The van der Waals surface area contributed by atoms with E-state index in [4.69, 9.17) is 4.74 Å². The summed E-state index contributed by atoms with van der Waals surface area (Å²) in [4.78, 5) is 13.3. The minimum atomic E-state index is -3.38. The van der Waals surface area contributed by atoms with Crippen molar-refractivity contribution in [3.63, 3.8) is 0 Å². The number of sulfone groups is 1. The molecule has 0 fully saturated rings. The Morgan fingerprint density at radius 3 is 2.42 bits per heavy atom. The molecule has 0 amide bonds. The van der Waals surface area contributed by atoms with Crippen molar-refractivity contribution < 1.29 is 22.7 Å². The van der Waals surface area contributed by atoms with Gasteiger partial charge in [-0.25, -0.2) is 12.8 Å². The van der Waals surface area contributed by atoms with E-state index >= 15 is 0 Å². The molecule has 164 valence electrons. The molecular formula is C22H23FN2O5S. The van der Waals surface area contributed by atoms with Gasteiger partial charge in [0.25, 0.3) is 0 Å². The highest BCUT2D eigenvalue weighted by atomic mass is 32.2. The van der Waals surface area contributed by atoms with Crippen molar-refractivity contribution >= 4 is 9.84 Å². The van der Waals surface area contributed by atoms with Crippen molar-refractivity contribution in [1.29, 1.82) is 0 Å². The smallest absolute Gasteiger partial charge is 0.314 e. The number of ether oxygens (including phenoxy) is 1. The zero-order valence-electron chi connectivity index (χ0n) is 17.3. The van der Waals surface area contributed by atoms with E-state index in [-0.39, 0.29) is 28.9 Å². The van der Waals surface area contributed by atoms with Crippen molar-refractivity contribution in [2.24, 2.45) is 5.92 Å². The molecule has 1 heterocycles. The van der Waals surface area contributed by atoms with Gasteiger partial charge < -0.3 is 9.84 Å². The van der Waals surface area contributed by atoms with Crippen LogP contribution in [0.1, 0.15) is 13.8 Å². The van der Waals surface area contributed by atoms with Gasteiger partial charge in [0, 0.05) is 11.8 Å². The summed E-state index contributed by atoms with van der Waals surface area (Å²) in [6.45, 7) is 3.50. The van der Waals surface area contributed by atoms with Crippen molar-refractivity contribution in [2.45, 2.75) is 24.8 Å². The fourth-order valence-corrected chi connectivity index (χ4v) is 3.45. The molecule has 1 N–H and O–H groups in total. The predicted molar refractivity (Wildman–Crippen MR) is 115 cm³/mol.